The van der Waals surface area contributed by atoms with Crippen molar-refractivity contribution in [1.82, 2.24) is 0 Å². The van der Waals surface area contributed by atoms with E-state index in [1.54, 1.807) is 29.2 Å². The number of rotatable bonds is 2. The molecule has 4 rings (SSSR count). The van der Waals surface area contributed by atoms with Crippen LogP contribution >= 0.6 is 0 Å². The van der Waals surface area contributed by atoms with Crippen LogP contribution in [0.3, 0.4) is 0 Å². The maximum absolute atomic E-state index is 12.7. The Morgan fingerprint density at radius 2 is 1.50 bits per heavy atom. The lowest BCUT2D eigenvalue weighted by Crippen LogP contribution is -2.30. The summed E-state index contributed by atoms with van der Waals surface area (Å²) in [4.78, 5) is 39.3. The van der Waals surface area contributed by atoms with Gasteiger partial charge in [-0.3, -0.25) is 19.3 Å². The molecule has 2 heterocycles. The Labute approximate surface area is 139 Å². The fraction of sp³-hybridized carbons (Fsp3) is 0.211. The number of carbonyl (C=O) groups is 3. The average Bonchev–Trinajstić information content (AvgIpc) is 3.18. The van der Waals surface area contributed by atoms with Gasteiger partial charge in [-0.1, -0.05) is 18.2 Å². The first-order valence-corrected chi connectivity index (χ1v) is 8.01. The minimum absolute atomic E-state index is 0.0643. The van der Waals surface area contributed by atoms with Crippen LogP contribution in [0.5, 0.6) is 0 Å². The maximum Gasteiger partial charge on any atom is 0.258 e. The smallest absolute Gasteiger partial charge is 0.258 e. The van der Waals surface area contributed by atoms with Crippen LogP contribution in [0.15, 0.2) is 48.5 Å². The summed E-state index contributed by atoms with van der Waals surface area (Å²) in [6, 6.07) is 14.6. The Balaban J connectivity index is 1.59. The van der Waals surface area contributed by atoms with Crippen molar-refractivity contribution in [1.29, 1.82) is 0 Å². The van der Waals surface area contributed by atoms with Crippen molar-refractivity contribution in [3.8, 4) is 0 Å². The fourth-order valence-electron chi connectivity index (χ4n) is 3.32. The van der Waals surface area contributed by atoms with Gasteiger partial charge in [-0.15, -0.1) is 0 Å². The molecule has 0 N–H and O–H groups in total. The molecule has 1 saturated heterocycles. The van der Waals surface area contributed by atoms with Crippen LogP contribution in [-0.2, 0) is 16.0 Å². The zero-order valence-corrected chi connectivity index (χ0v) is 13.1. The van der Waals surface area contributed by atoms with E-state index in [0.29, 0.717) is 17.8 Å². The Hall–Kier alpha value is -2.95. The molecule has 2 aromatic carbocycles. The lowest BCUT2D eigenvalue weighted by molar-refractivity contribution is -0.121. The van der Waals surface area contributed by atoms with Gasteiger partial charge in [-0.05, 0) is 42.3 Å². The van der Waals surface area contributed by atoms with Crippen molar-refractivity contribution >= 4 is 29.1 Å². The van der Waals surface area contributed by atoms with Crippen LogP contribution in [0, 0.1) is 0 Å². The second kappa shape index (κ2) is 5.60. The summed E-state index contributed by atoms with van der Waals surface area (Å²) in [5, 5.41) is 0. The summed E-state index contributed by atoms with van der Waals surface area (Å²) in [6.07, 6.45) is 1.37. The number of para-hydroxylation sites is 1. The third-order valence-electron chi connectivity index (χ3n) is 4.56. The van der Waals surface area contributed by atoms with Crippen LogP contribution in [-0.4, -0.2) is 24.3 Å². The molecule has 0 radical (unpaired) electrons. The number of imide groups is 1. The van der Waals surface area contributed by atoms with Gasteiger partial charge in [0.05, 0.1) is 5.69 Å². The Morgan fingerprint density at radius 3 is 2.21 bits per heavy atom. The third kappa shape index (κ3) is 2.29. The highest BCUT2D eigenvalue weighted by molar-refractivity contribution is 6.20. The Kier molecular flexibility index (Phi) is 3.41. The predicted molar refractivity (Wildman–Crippen MR) is 90.0 cm³/mol. The van der Waals surface area contributed by atoms with Crippen LogP contribution in [0.2, 0.25) is 0 Å². The first-order chi connectivity index (χ1) is 11.6. The number of fused-ring (bicyclic) bond motifs is 1. The lowest BCUT2D eigenvalue weighted by Gasteiger charge is -2.18. The van der Waals surface area contributed by atoms with E-state index in [2.05, 4.69) is 0 Å². The van der Waals surface area contributed by atoms with E-state index in [4.69, 9.17) is 0 Å². The first kappa shape index (κ1) is 14.6. The summed E-state index contributed by atoms with van der Waals surface area (Å²) in [5.41, 5.74) is 3.21. The molecule has 0 unspecified atom stereocenters. The highest BCUT2D eigenvalue weighted by Gasteiger charge is 2.30. The zero-order valence-electron chi connectivity index (χ0n) is 13.1. The third-order valence-corrected chi connectivity index (χ3v) is 4.56. The molecule has 0 aliphatic carbocycles. The van der Waals surface area contributed by atoms with Crippen LogP contribution in [0.25, 0.3) is 0 Å². The van der Waals surface area contributed by atoms with Crippen LogP contribution < -0.4 is 9.80 Å². The topological polar surface area (TPSA) is 57.7 Å². The highest BCUT2D eigenvalue weighted by atomic mass is 16.2. The summed E-state index contributed by atoms with van der Waals surface area (Å²) < 4.78 is 0. The largest absolute Gasteiger partial charge is 0.308 e. The van der Waals surface area contributed by atoms with E-state index in [1.807, 2.05) is 24.3 Å². The number of carbonyl (C=O) groups excluding carboxylic acids is 3. The number of hydrogen-bond acceptors (Lipinski definition) is 3. The number of amides is 3. The molecule has 1 fully saturated rings. The molecule has 0 saturated carbocycles. The minimum Gasteiger partial charge on any atom is -0.308 e. The van der Waals surface area contributed by atoms with Gasteiger partial charge in [0.2, 0.25) is 11.8 Å². The maximum atomic E-state index is 12.7. The number of benzene rings is 2. The summed E-state index contributed by atoms with van der Waals surface area (Å²) in [5.74, 6) is -0.439. The van der Waals surface area contributed by atoms with E-state index in [9.17, 15) is 14.4 Å². The zero-order chi connectivity index (χ0) is 16.7. The van der Waals surface area contributed by atoms with Crippen molar-refractivity contribution in [2.45, 2.75) is 19.3 Å². The molecule has 24 heavy (non-hydrogen) atoms. The molecule has 2 aliphatic heterocycles. The molecule has 0 atom stereocenters. The van der Waals surface area contributed by atoms with E-state index in [1.165, 1.54) is 10.5 Å². The number of nitrogens with zero attached hydrogens (tertiary/aromatic N) is 2. The van der Waals surface area contributed by atoms with Crippen molar-refractivity contribution in [2.75, 3.05) is 16.3 Å². The molecule has 3 amide bonds. The normalized spacial score (nSPS) is 16.7. The molecule has 5 nitrogen and oxygen atoms in total. The van der Waals surface area contributed by atoms with Gasteiger partial charge in [-0.25, -0.2) is 0 Å². The average molecular weight is 320 g/mol. The standard InChI is InChI=1S/C19H16N2O3/c22-17-9-10-18(23)21(17)15-7-5-14(6-8-15)19(24)20-12-11-13-3-1-2-4-16(13)20/h1-8H,9-12H2. The van der Waals surface area contributed by atoms with Gasteiger partial charge >= 0.3 is 0 Å². The highest BCUT2D eigenvalue weighted by Crippen LogP contribution is 2.29. The molecular formula is C19H16N2O3. The van der Waals surface area contributed by atoms with Gasteiger partial charge < -0.3 is 4.90 Å². The van der Waals surface area contributed by atoms with Gasteiger partial charge in [0.25, 0.3) is 5.91 Å². The quantitative estimate of drug-likeness (QED) is 0.799. The van der Waals surface area contributed by atoms with Crippen molar-refractivity contribution < 1.29 is 14.4 Å². The van der Waals surface area contributed by atoms with Gasteiger partial charge in [0.15, 0.2) is 0 Å². The monoisotopic (exact) mass is 320 g/mol. The summed E-state index contributed by atoms with van der Waals surface area (Å²) in [6.45, 7) is 0.670. The lowest BCUT2D eigenvalue weighted by atomic mass is 10.1. The van der Waals surface area contributed by atoms with Crippen LogP contribution in [0.1, 0.15) is 28.8 Å². The molecule has 0 spiro atoms. The van der Waals surface area contributed by atoms with Crippen molar-refractivity contribution in [2.24, 2.45) is 0 Å². The molecular weight excluding hydrogens is 304 g/mol. The fourth-order valence-corrected chi connectivity index (χ4v) is 3.32. The second-order valence-electron chi connectivity index (χ2n) is 6.01. The predicted octanol–water partition coefficient (Wildman–Crippen LogP) is 2.54. The Bertz CT molecular complexity index is 826. The van der Waals surface area contributed by atoms with E-state index in [-0.39, 0.29) is 30.6 Å². The van der Waals surface area contributed by atoms with Crippen molar-refractivity contribution in [3.63, 3.8) is 0 Å². The second-order valence-corrected chi connectivity index (χ2v) is 6.01. The summed E-state index contributed by atoms with van der Waals surface area (Å²) in [7, 11) is 0. The number of hydrogen-bond donors (Lipinski definition) is 0. The molecule has 0 bridgehead atoms. The minimum atomic E-state index is -0.187. The summed E-state index contributed by atoms with van der Waals surface area (Å²) >= 11 is 0. The van der Waals surface area contributed by atoms with Crippen LogP contribution in [0.4, 0.5) is 11.4 Å². The van der Waals surface area contributed by atoms with E-state index in [0.717, 1.165) is 12.1 Å². The molecule has 5 heteroatoms. The van der Waals surface area contributed by atoms with Gasteiger partial charge in [-0.2, -0.15) is 0 Å². The van der Waals surface area contributed by atoms with Crippen molar-refractivity contribution in [3.05, 3.63) is 59.7 Å². The first-order valence-electron chi connectivity index (χ1n) is 8.01. The van der Waals surface area contributed by atoms with E-state index >= 15 is 0 Å². The molecule has 2 aliphatic rings. The van der Waals surface area contributed by atoms with Gasteiger partial charge in [0, 0.05) is 30.6 Å². The Morgan fingerprint density at radius 1 is 0.833 bits per heavy atom. The molecule has 0 aromatic heterocycles. The number of anilines is 2. The molecule has 2 aromatic rings. The molecule has 120 valence electrons. The van der Waals surface area contributed by atoms with E-state index < -0.39 is 0 Å². The SMILES string of the molecule is O=C(c1ccc(N2C(=O)CCC2=O)cc1)N1CCc2ccccc21. The van der Waals surface area contributed by atoms with Gasteiger partial charge in [0.1, 0.15) is 0 Å².